The molecule has 0 atom stereocenters. The van der Waals surface area contributed by atoms with Crippen molar-refractivity contribution in [3.63, 3.8) is 0 Å². The molecule has 19 heavy (non-hydrogen) atoms. The predicted molar refractivity (Wildman–Crippen MR) is 75.7 cm³/mol. The van der Waals surface area contributed by atoms with Gasteiger partial charge in [-0.3, -0.25) is 0 Å². The molecule has 102 valence electrons. The molecule has 1 aromatic carbocycles. The predicted octanol–water partition coefficient (Wildman–Crippen LogP) is 2.37. The number of hydrogen-bond donors (Lipinski definition) is 1. The van der Waals surface area contributed by atoms with Gasteiger partial charge in [0.25, 0.3) is 0 Å². The molecule has 0 aliphatic heterocycles. The quantitative estimate of drug-likeness (QED) is 0.838. The van der Waals surface area contributed by atoms with E-state index in [0.29, 0.717) is 18.0 Å². The lowest BCUT2D eigenvalue weighted by atomic mass is 10.2. The molecule has 1 aromatic heterocycles. The topological polar surface area (TPSA) is 66.0 Å². The van der Waals surface area contributed by atoms with E-state index in [1.54, 1.807) is 0 Å². The fourth-order valence-corrected chi connectivity index (χ4v) is 1.96. The highest BCUT2D eigenvalue weighted by Gasteiger charge is 2.13. The van der Waals surface area contributed by atoms with Crippen LogP contribution in [0.1, 0.15) is 32.4 Å². The van der Waals surface area contributed by atoms with Gasteiger partial charge in [-0.2, -0.15) is 5.10 Å². The number of hydrogen-bond acceptors (Lipinski definition) is 4. The fourth-order valence-electron chi connectivity index (χ4n) is 1.96. The van der Waals surface area contributed by atoms with Crippen molar-refractivity contribution < 1.29 is 4.74 Å². The van der Waals surface area contributed by atoms with Crippen LogP contribution in [0, 0.1) is 0 Å². The highest BCUT2D eigenvalue weighted by Crippen LogP contribution is 2.28. The maximum atomic E-state index is 6.16. The van der Waals surface area contributed by atoms with Gasteiger partial charge in [-0.25, -0.2) is 9.67 Å². The van der Waals surface area contributed by atoms with Gasteiger partial charge in [0, 0.05) is 12.8 Å². The van der Waals surface area contributed by atoms with Gasteiger partial charge in [0.2, 0.25) is 0 Å². The number of ether oxygens (including phenoxy) is 1. The molecular formula is C14H20N4O. The van der Waals surface area contributed by atoms with Gasteiger partial charge in [0.05, 0.1) is 12.3 Å². The Labute approximate surface area is 113 Å². The second-order valence-corrected chi connectivity index (χ2v) is 4.19. The summed E-state index contributed by atoms with van der Waals surface area (Å²) in [6, 6.07) is 5.72. The summed E-state index contributed by atoms with van der Waals surface area (Å²) in [7, 11) is 0. The van der Waals surface area contributed by atoms with Crippen LogP contribution in [-0.4, -0.2) is 21.4 Å². The Balaban J connectivity index is 2.52. The van der Waals surface area contributed by atoms with Gasteiger partial charge < -0.3 is 10.5 Å². The summed E-state index contributed by atoms with van der Waals surface area (Å²) >= 11 is 0. The van der Waals surface area contributed by atoms with Crippen LogP contribution >= 0.6 is 0 Å². The molecule has 0 saturated carbocycles. The van der Waals surface area contributed by atoms with Crippen LogP contribution in [0.3, 0.4) is 0 Å². The SMILES string of the molecule is CCOc1cccc(-n2nc(CC)nc2CC)c1N. The van der Waals surface area contributed by atoms with Crippen molar-refractivity contribution in [3.8, 4) is 11.4 Å². The van der Waals surface area contributed by atoms with Gasteiger partial charge >= 0.3 is 0 Å². The molecule has 5 heteroatoms. The highest BCUT2D eigenvalue weighted by molar-refractivity contribution is 5.66. The third-order valence-corrected chi connectivity index (χ3v) is 2.92. The number of nitrogen functional groups attached to an aromatic ring is 1. The molecule has 0 unspecified atom stereocenters. The molecule has 2 rings (SSSR count). The Morgan fingerprint density at radius 2 is 2.00 bits per heavy atom. The van der Waals surface area contributed by atoms with E-state index < -0.39 is 0 Å². The van der Waals surface area contributed by atoms with Gasteiger partial charge in [-0.1, -0.05) is 19.9 Å². The zero-order valence-electron chi connectivity index (χ0n) is 11.7. The summed E-state index contributed by atoms with van der Waals surface area (Å²) < 4.78 is 7.34. The third kappa shape index (κ3) is 2.54. The molecule has 2 aromatic rings. The van der Waals surface area contributed by atoms with Crippen molar-refractivity contribution in [2.75, 3.05) is 12.3 Å². The average molecular weight is 260 g/mol. The Morgan fingerprint density at radius 1 is 1.21 bits per heavy atom. The number of benzene rings is 1. The maximum Gasteiger partial charge on any atom is 0.151 e. The second kappa shape index (κ2) is 5.73. The Kier molecular flexibility index (Phi) is 4.04. The van der Waals surface area contributed by atoms with Crippen LogP contribution in [0.15, 0.2) is 18.2 Å². The van der Waals surface area contributed by atoms with Crippen LogP contribution in [0.4, 0.5) is 5.69 Å². The zero-order valence-corrected chi connectivity index (χ0v) is 11.7. The number of nitrogens with two attached hydrogens (primary N) is 1. The summed E-state index contributed by atoms with van der Waals surface area (Å²) in [5, 5.41) is 4.50. The molecular weight excluding hydrogens is 240 g/mol. The molecule has 0 fully saturated rings. The molecule has 0 aliphatic carbocycles. The van der Waals surface area contributed by atoms with E-state index in [0.717, 1.165) is 30.2 Å². The van der Waals surface area contributed by atoms with E-state index in [4.69, 9.17) is 10.5 Å². The third-order valence-electron chi connectivity index (χ3n) is 2.92. The van der Waals surface area contributed by atoms with Crippen molar-refractivity contribution in [1.82, 2.24) is 14.8 Å². The normalized spacial score (nSPS) is 10.7. The first-order valence-electron chi connectivity index (χ1n) is 6.67. The number of aromatic nitrogens is 3. The van der Waals surface area contributed by atoms with E-state index in [1.165, 1.54) is 0 Å². The standard InChI is InChI=1S/C14H20N4O/c1-4-12-16-13(5-2)18(17-12)10-8-7-9-11(14(10)15)19-6-3/h7-9H,4-6,15H2,1-3H3. The lowest BCUT2D eigenvalue weighted by molar-refractivity contribution is 0.342. The number of nitrogens with zero attached hydrogens (tertiary/aromatic N) is 3. The Bertz CT molecular complexity index is 563. The first-order valence-corrected chi connectivity index (χ1v) is 6.67. The minimum atomic E-state index is 0.589. The molecule has 5 nitrogen and oxygen atoms in total. The van der Waals surface area contributed by atoms with E-state index in [-0.39, 0.29) is 0 Å². The van der Waals surface area contributed by atoms with Gasteiger partial charge in [-0.05, 0) is 19.1 Å². The molecule has 0 amide bonds. The molecule has 2 N–H and O–H groups in total. The van der Waals surface area contributed by atoms with Gasteiger partial charge in [0.1, 0.15) is 17.3 Å². The van der Waals surface area contributed by atoms with Crippen molar-refractivity contribution in [2.24, 2.45) is 0 Å². The average Bonchev–Trinajstić information content (AvgIpc) is 2.84. The number of para-hydroxylation sites is 1. The zero-order chi connectivity index (χ0) is 13.8. The monoisotopic (exact) mass is 260 g/mol. The van der Waals surface area contributed by atoms with Crippen LogP contribution in [0.5, 0.6) is 5.75 Å². The fraction of sp³-hybridized carbons (Fsp3) is 0.429. The molecule has 0 aliphatic rings. The van der Waals surface area contributed by atoms with Crippen molar-refractivity contribution in [2.45, 2.75) is 33.6 Å². The van der Waals surface area contributed by atoms with Crippen LogP contribution in [-0.2, 0) is 12.8 Å². The van der Waals surface area contributed by atoms with Gasteiger partial charge in [-0.15, -0.1) is 0 Å². The lowest BCUT2D eigenvalue weighted by Gasteiger charge is -2.12. The summed E-state index contributed by atoms with van der Waals surface area (Å²) in [6.45, 7) is 6.63. The van der Waals surface area contributed by atoms with Crippen molar-refractivity contribution in [1.29, 1.82) is 0 Å². The minimum absolute atomic E-state index is 0.589. The molecule has 0 saturated heterocycles. The summed E-state index contributed by atoms with van der Waals surface area (Å²) in [5.74, 6) is 2.44. The van der Waals surface area contributed by atoms with E-state index >= 15 is 0 Å². The molecule has 0 bridgehead atoms. The first-order chi connectivity index (χ1) is 9.21. The number of rotatable bonds is 5. The smallest absolute Gasteiger partial charge is 0.151 e. The Morgan fingerprint density at radius 3 is 2.63 bits per heavy atom. The Hall–Kier alpha value is -2.04. The van der Waals surface area contributed by atoms with Crippen LogP contribution in [0.25, 0.3) is 5.69 Å². The number of aryl methyl sites for hydroxylation is 2. The number of anilines is 1. The van der Waals surface area contributed by atoms with Crippen molar-refractivity contribution >= 4 is 5.69 Å². The van der Waals surface area contributed by atoms with Gasteiger partial charge in [0.15, 0.2) is 5.82 Å². The largest absolute Gasteiger partial charge is 0.492 e. The summed E-state index contributed by atoms with van der Waals surface area (Å²) in [4.78, 5) is 4.50. The maximum absolute atomic E-state index is 6.16. The van der Waals surface area contributed by atoms with E-state index in [2.05, 4.69) is 17.0 Å². The van der Waals surface area contributed by atoms with E-state index in [9.17, 15) is 0 Å². The van der Waals surface area contributed by atoms with Crippen LogP contribution < -0.4 is 10.5 Å². The summed E-state index contributed by atoms with van der Waals surface area (Å²) in [5.41, 5.74) is 7.59. The highest BCUT2D eigenvalue weighted by atomic mass is 16.5. The van der Waals surface area contributed by atoms with Crippen LogP contribution in [0.2, 0.25) is 0 Å². The summed E-state index contributed by atoms with van der Waals surface area (Å²) in [6.07, 6.45) is 1.62. The van der Waals surface area contributed by atoms with E-state index in [1.807, 2.05) is 36.7 Å². The van der Waals surface area contributed by atoms with Crippen molar-refractivity contribution in [3.05, 3.63) is 29.8 Å². The first kappa shape index (κ1) is 13.4. The lowest BCUT2D eigenvalue weighted by Crippen LogP contribution is -2.07. The molecule has 1 heterocycles. The second-order valence-electron chi connectivity index (χ2n) is 4.19. The molecule has 0 radical (unpaired) electrons. The minimum Gasteiger partial charge on any atom is -0.492 e. The molecule has 0 spiro atoms.